The second-order valence-corrected chi connectivity index (χ2v) is 4.74. The summed E-state index contributed by atoms with van der Waals surface area (Å²) >= 11 is 0. The van der Waals surface area contributed by atoms with Gasteiger partial charge in [0.1, 0.15) is 12.4 Å². The van der Waals surface area contributed by atoms with E-state index in [1.165, 1.54) is 0 Å². The van der Waals surface area contributed by atoms with Crippen LogP contribution in [0.2, 0.25) is 0 Å². The van der Waals surface area contributed by atoms with E-state index in [0.29, 0.717) is 26.3 Å². The molecule has 1 heterocycles. The Bertz CT molecular complexity index is 433. The summed E-state index contributed by atoms with van der Waals surface area (Å²) in [5.74, 6) is 0.927. The molecular formula is C15H22N2O3. The van der Waals surface area contributed by atoms with Gasteiger partial charge in [-0.15, -0.1) is 0 Å². The van der Waals surface area contributed by atoms with Gasteiger partial charge >= 0.3 is 0 Å². The molecule has 1 aliphatic rings. The number of amides is 1. The summed E-state index contributed by atoms with van der Waals surface area (Å²) in [6.07, 6.45) is 0. The number of ether oxygens (including phenoxy) is 2. The fourth-order valence-corrected chi connectivity index (χ4v) is 2.29. The van der Waals surface area contributed by atoms with E-state index in [-0.39, 0.29) is 18.6 Å². The van der Waals surface area contributed by atoms with Gasteiger partial charge in [-0.3, -0.25) is 4.79 Å². The Hall–Kier alpha value is -1.59. The monoisotopic (exact) mass is 278 g/mol. The van der Waals surface area contributed by atoms with Crippen molar-refractivity contribution in [3.8, 4) is 5.75 Å². The standard InChI is InChI=1S/C15H22N2O3/c1-3-20-13-6-4-12(5-7-13)14(16-2)10-17-8-9-19-11-15(17)18/h4-7,14,16H,3,8-11H2,1-2H3. The number of rotatable bonds is 6. The van der Waals surface area contributed by atoms with Crippen LogP contribution in [0.4, 0.5) is 0 Å². The number of hydrogen-bond acceptors (Lipinski definition) is 4. The first-order valence-electron chi connectivity index (χ1n) is 7.00. The first kappa shape index (κ1) is 14.8. The third kappa shape index (κ3) is 3.71. The van der Waals surface area contributed by atoms with Gasteiger partial charge in [0.2, 0.25) is 5.91 Å². The van der Waals surface area contributed by atoms with Gasteiger partial charge < -0.3 is 19.7 Å². The molecule has 5 heteroatoms. The molecule has 0 saturated carbocycles. The van der Waals surface area contributed by atoms with Gasteiger partial charge in [-0.25, -0.2) is 0 Å². The summed E-state index contributed by atoms with van der Waals surface area (Å²) in [7, 11) is 1.91. The summed E-state index contributed by atoms with van der Waals surface area (Å²) < 4.78 is 10.6. The van der Waals surface area contributed by atoms with Crippen molar-refractivity contribution in [2.24, 2.45) is 0 Å². The fourth-order valence-electron chi connectivity index (χ4n) is 2.29. The zero-order valence-corrected chi connectivity index (χ0v) is 12.1. The van der Waals surface area contributed by atoms with E-state index in [0.717, 1.165) is 11.3 Å². The molecule has 1 saturated heterocycles. The Morgan fingerprint density at radius 2 is 2.15 bits per heavy atom. The lowest BCUT2D eigenvalue weighted by Gasteiger charge is -2.30. The summed E-state index contributed by atoms with van der Waals surface area (Å²) in [5, 5.41) is 3.26. The minimum absolute atomic E-state index is 0.0578. The molecule has 1 fully saturated rings. The largest absolute Gasteiger partial charge is 0.494 e. The maximum Gasteiger partial charge on any atom is 0.248 e. The molecule has 1 aliphatic heterocycles. The molecule has 0 aromatic heterocycles. The van der Waals surface area contributed by atoms with Gasteiger partial charge in [-0.05, 0) is 31.7 Å². The highest BCUT2D eigenvalue weighted by Crippen LogP contribution is 2.19. The smallest absolute Gasteiger partial charge is 0.248 e. The van der Waals surface area contributed by atoms with Crippen molar-refractivity contribution in [1.82, 2.24) is 10.2 Å². The Morgan fingerprint density at radius 1 is 1.40 bits per heavy atom. The molecule has 0 spiro atoms. The predicted octanol–water partition coefficient (Wildman–Crippen LogP) is 1.20. The number of benzene rings is 1. The van der Waals surface area contributed by atoms with E-state index in [2.05, 4.69) is 5.32 Å². The van der Waals surface area contributed by atoms with E-state index in [1.54, 1.807) is 0 Å². The van der Waals surface area contributed by atoms with Crippen molar-refractivity contribution < 1.29 is 14.3 Å². The van der Waals surface area contributed by atoms with Gasteiger partial charge in [-0.2, -0.15) is 0 Å². The Kier molecular flexibility index (Phi) is 5.38. The average Bonchev–Trinajstić information content (AvgIpc) is 2.48. The molecule has 0 radical (unpaired) electrons. The maximum absolute atomic E-state index is 11.8. The lowest BCUT2D eigenvalue weighted by molar-refractivity contribution is -0.143. The molecule has 110 valence electrons. The van der Waals surface area contributed by atoms with Crippen molar-refractivity contribution in [1.29, 1.82) is 0 Å². The van der Waals surface area contributed by atoms with Crippen LogP contribution in [-0.4, -0.2) is 50.8 Å². The van der Waals surface area contributed by atoms with Crippen molar-refractivity contribution >= 4 is 5.91 Å². The highest BCUT2D eigenvalue weighted by Gasteiger charge is 2.22. The van der Waals surface area contributed by atoms with Crippen LogP contribution in [0.3, 0.4) is 0 Å². The highest BCUT2D eigenvalue weighted by molar-refractivity contribution is 5.78. The quantitative estimate of drug-likeness (QED) is 0.849. The van der Waals surface area contributed by atoms with Crippen LogP contribution >= 0.6 is 0 Å². The van der Waals surface area contributed by atoms with E-state index in [4.69, 9.17) is 9.47 Å². The number of carbonyl (C=O) groups excluding carboxylic acids is 1. The lowest BCUT2D eigenvalue weighted by Crippen LogP contribution is -2.45. The van der Waals surface area contributed by atoms with Gasteiger partial charge in [0.05, 0.1) is 13.2 Å². The SMILES string of the molecule is CCOc1ccc(C(CN2CCOCC2=O)NC)cc1. The van der Waals surface area contributed by atoms with Gasteiger partial charge in [0.25, 0.3) is 0 Å². The zero-order chi connectivity index (χ0) is 14.4. The number of carbonyl (C=O) groups is 1. The lowest BCUT2D eigenvalue weighted by atomic mass is 10.1. The second kappa shape index (κ2) is 7.26. The Labute approximate surface area is 119 Å². The number of nitrogens with one attached hydrogen (secondary N) is 1. The van der Waals surface area contributed by atoms with E-state index in [1.807, 2.05) is 43.1 Å². The minimum Gasteiger partial charge on any atom is -0.494 e. The van der Waals surface area contributed by atoms with Crippen LogP contribution < -0.4 is 10.1 Å². The average molecular weight is 278 g/mol. The Balaban J connectivity index is 2.01. The molecule has 1 amide bonds. The molecule has 2 rings (SSSR count). The number of nitrogens with zero attached hydrogens (tertiary/aromatic N) is 1. The van der Waals surface area contributed by atoms with E-state index < -0.39 is 0 Å². The minimum atomic E-state index is 0.0578. The number of hydrogen-bond donors (Lipinski definition) is 1. The number of morpholine rings is 1. The van der Waals surface area contributed by atoms with Crippen molar-refractivity contribution in [3.63, 3.8) is 0 Å². The van der Waals surface area contributed by atoms with E-state index >= 15 is 0 Å². The molecule has 1 aromatic rings. The molecule has 1 aromatic carbocycles. The molecule has 1 N–H and O–H groups in total. The van der Waals surface area contributed by atoms with Crippen molar-refractivity contribution in [2.75, 3.05) is 40.0 Å². The van der Waals surface area contributed by atoms with Crippen LogP contribution in [-0.2, 0) is 9.53 Å². The summed E-state index contributed by atoms with van der Waals surface area (Å²) in [6, 6.07) is 8.12. The fraction of sp³-hybridized carbons (Fsp3) is 0.533. The molecule has 0 aliphatic carbocycles. The predicted molar refractivity (Wildman–Crippen MR) is 76.8 cm³/mol. The van der Waals surface area contributed by atoms with Crippen molar-refractivity contribution in [2.45, 2.75) is 13.0 Å². The van der Waals surface area contributed by atoms with Crippen LogP contribution in [0.15, 0.2) is 24.3 Å². The van der Waals surface area contributed by atoms with Crippen LogP contribution in [0.25, 0.3) is 0 Å². The van der Waals surface area contributed by atoms with E-state index in [9.17, 15) is 4.79 Å². The Morgan fingerprint density at radius 3 is 2.75 bits per heavy atom. The number of likely N-dealkylation sites (N-methyl/N-ethyl adjacent to an activating group) is 1. The normalized spacial score (nSPS) is 17.1. The molecule has 5 nitrogen and oxygen atoms in total. The van der Waals surface area contributed by atoms with Crippen LogP contribution in [0.1, 0.15) is 18.5 Å². The maximum atomic E-state index is 11.8. The third-order valence-corrected chi connectivity index (χ3v) is 3.43. The second-order valence-electron chi connectivity index (χ2n) is 4.74. The third-order valence-electron chi connectivity index (χ3n) is 3.43. The van der Waals surface area contributed by atoms with Crippen LogP contribution in [0, 0.1) is 0 Å². The van der Waals surface area contributed by atoms with Gasteiger partial charge in [0.15, 0.2) is 0 Å². The van der Waals surface area contributed by atoms with Crippen molar-refractivity contribution in [3.05, 3.63) is 29.8 Å². The summed E-state index contributed by atoms with van der Waals surface area (Å²) in [5.41, 5.74) is 1.15. The van der Waals surface area contributed by atoms with Crippen LogP contribution in [0.5, 0.6) is 5.75 Å². The molecular weight excluding hydrogens is 256 g/mol. The zero-order valence-electron chi connectivity index (χ0n) is 12.1. The molecule has 1 unspecified atom stereocenters. The highest BCUT2D eigenvalue weighted by atomic mass is 16.5. The molecule has 20 heavy (non-hydrogen) atoms. The first-order valence-corrected chi connectivity index (χ1v) is 7.00. The molecule has 0 bridgehead atoms. The van der Waals surface area contributed by atoms with Gasteiger partial charge in [-0.1, -0.05) is 12.1 Å². The summed E-state index contributed by atoms with van der Waals surface area (Å²) in [6.45, 7) is 4.76. The molecule has 1 atom stereocenters. The van der Waals surface area contributed by atoms with Gasteiger partial charge in [0, 0.05) is 19.1 Å². The summed E-state index contributed by atoms with van der Waals surface area (Å²) in [4.78, 5) is 13.6. The topological polar surface area (TPSA) is 50.8 Å². The first-order chi connectivity index (χ1) is 9.74.